The van der Waals surface area contributed by atoms with Crippen molar-refractivity contribution >= 4 is 6.41 Å². The van der Waals surface area contributed by atoms with E-state index in [0.29, 0.717) is 0 Å². The predicted octanol–water partition coefficient (Wildman–Crippen LogP) is 2.06. The number of hydrogen-bond donors (Lipinski definition) is 1. The van der Waals surface area contributed by atoms with E-state index >= 15 is 0 Å². The Morgan fingerprint density at radius 1 is 1.22 bits per heavy atom. The van der Waals surface area contributed by atoms with Crippen molar-refractivity contribution in [3.63, 3.8) is 0 Å². The van der Waals surface area contributed by atoms with E-state index in [-0.39, 0.29) is 11.1 Å². The van der Waals surface area contributed by atoms with Gasteiger partial charge in [-0.15, -0.1) is 0 Å². The van der Waals surface area contributed by atoms with Crippen LogP contribution in [0.3, 0.4) is 0 Å². The molecule has 0 saturated heterocycles. The Morgan fingerprint density at radius 3 is 2.35 bits per heavy atom. The summed E-state index contributed by atoms with van der Waals surface area (Å²) < 4.78 is 0. The molecule has 2 saturated carbocycles. The lowest BCUT2D eigenvalue weighted by atomic mass is 9.58. The third kappa shape index (κ3) is 2.90. The van der Waals surface area contributed by atoms with E-state index in [1.165, 1.54) is 18.4 Å². The molecule has 23 heavy (non-hydrogen) atoms. The van der Waals surface area contributed by atoms with Crippen LogP contribution in [0.25, 0.3) is 0 Å². The van der Waals surface area contributed by atoms with Gasteiger partial charge < -0.3 is 10.2 Å². The number of benzene rings is 1. The lowest BCUT2D eigenvalue weighted by Gasteiger charge is -2.62. The Morgan fingerprint density at radius 2 is 1.87 bits per heavy atom. The molecule has 0 aromatic heterocycles. The molecule has 1 amide bonds. The third-order valence-corrected chi connectivity index (χ3v) is 5.80. The molecule has 1 aromatic carbocycles. The van der Waals surface area contributed by atoms with Crippen molar-refractivity contribution in [1.29, 1.82) is 0 Å². The van der Waals surface area contributed by atoms with Crippen molar-refractivity contribution in [2.24, 2.45) is 5.92 Å². The SMILES string of the molecule is CNCC1(N(C=O)CC2CC2)CC(c2ccccc2)(N(C)C)C1. The minimum Gasteiger partial charge on any atom is -0.338 e. The first-order valence-electron chi connectivity index (χ1n) is 8.66. The predicted molar refractivity (Wildman–Crippen MR) is 93.2 cm³/mol. The maximum atomic E-state index is 11.8. The van der Waals surface area contributed by atoms with Crippen LogP contribution in [0.5, 0.6) is 0 Å². The molecule has 1 N–H and O–H groups in total. The van der Waals surface area contributed by atoms with E-state index in [4.69, 9.17) is 0 Å². The monoisotopic (exact) mass is 315 g/mol. The zero-order valence-electron chi connectivity index (χ0n) is 14.6. The molecule has 4 heteroatoms. The van der Waals surface area contributed by atoms with Gasteiger partial charge in [0, 0.05) is 13.1 Å². The second-order valence-corrected chi connectivity index (χ2v) is 7.60. The second kappa shape index (κ2) is 6.25. The molecule has 126 valence electrons. The average molecular weight is 315 g/mol. The normalized spacial score (nSPS) is 30.1. The standard InChI is InChI=1S/C19H29N3O/c1-20-14-18(22(15-23)11-16-9-10-16)12-19(13-18,21(2)3)17-7-5-4-6-8-17/h4-8,15-16,20H,9-14H2,1-3H3. The van der Waals surface area contributed by atoms with Crippen LogP contribution >= 0.6 is 0 Å². The van der Waals surface area contributed by atoms with Gasteiger partial charge >= 0.3 is 0 Å². The third-order valence-electron chi connectivity index (χ3n) is 5.80. The summed E-state index contributed by atoms with van der Waals surface area (Å²) >= 11 is 0. The number of carbonyl (C=O) groups excluding carboxylic acids is 1. The van der Waals surface area contributed by atoms with Crippen molar-refractivity contribution < 1.29 is 4.79 Å². The fourth-order valence-electron chi connectivity index (χ4n) is 4.25. The first-order chi connectivity index (χ1) is 11.1. The minimum absolute atomic E-state index is 0.0307. The van der Waals surface area contributed by atoms with E-state index in [0.717, 1.165) is 38.3 Å². The van der Waals surface area contributed by atoms with Gasteiger partial charge in [0.25, 0.3) is 0 Å². The molecule has 0 atom stereocenters. The summed E-state index contributed by atoms with van der Waals surface area (Å²) in [5, 5.41) is 3.33. The Kier molecular flexibility index (Phi) is 4.47. The molecular weight excluding hydrogens is 286 g/mol. The van der Waals surface area contributed by atoms with Crippen molar-refractivity contribution in [2.75, 3.05) is 34.2 Å². The molecular formula is C19H29N3O. The maximum absolute atomic E-state index is 11.8. The van der Waals surface area contributed by atoms with Gasteiger partial charge in [-0.1, -0.05) is 30.3 Å². The lowest BCUT2D eigenvalue weighted by Crippen LogP contribution is -2.71. The molecule has 0 heterocycles. The largest absolute Gasteiger partial charge is 0.338 e. The van der Waals surface area contributed by atoms with Crippen LogP contribution in [-0.4, -0.2) is 56.0 Å². The van der Waals surface area contributed by atoms with E-state index in [1.807, 2.05) is 7.05 Å². The van der Waals surface area contributed by atoms with E-state index < -0.39 is 0 Å². The van der Waals surface area contributed by atoms with Gasteiger partial charge in [-0.3, -0.25) is 9.69 Å². The van der Waals surface area contributed by atoms with Crippen LogP contribution in [0.4, 0.5) is 0 Å². The smallest absolute Gasteiger partial charge is 0.210 e. The van der Waals surface area contributed by atoms with Crippen LogP contribution in [0.1, 0.15) is 31.2 Å². The Bertz CT molecular complexity index is 533. The van der Waals surface area contributed by atoms with E-state index in [1.54, 1.807) is 0 Å². The summed E-state index contributed by atoms with van der Waals surface area (Å²) in [6.45, 7) is 1.78. The van der Waals surface area contributed by atoms with Gasteiger partial charge in [0.1, 0.15) is 0 Å². The second-order valence-electron chi connectivity index (χ2n) is 7.60. The first kappa shape index (κ1) is 16.5. The zero-order chi connectivity index (χ0) is 16.5. The number of nitrogens with one attached hydrogen (secondary N) is 1. The number of likely N-dealkylation sites (N-methyl/N-ethyl adjacent to an activating group) is 1. The van der Waals surface area contributed by atoms with Crippen molar-refractivity contribution in [1.82, 2.24) is 15.1 Å². The van der Waals surface area contributed by atoms with Crippen LogP contribution in [0, 0.1) is 5.92 Å². The maximum Gasteiger partial charge on any atom is 0.210 e. The number of nitrogens with zero attached hydrogens (tertiary/aromatic N) is 2. The summed E-state index contributed by atoms with van der Waals surface area (Å²) in [7, 11) is 6.30. The van der Waals surface area contributed by atoms with Gasteiger partial charge in [0.15, 0.2) is 0 Å². The molecule has 0 spiro atoms. The highest BCUT2D eigenvalue weighted by Gasteiger charge is 2.59. The molecule has 2 fully saturated rings. The molecule has 2 aliphatic carbocycles. The van der Waals surface area contributed by atoms with Crippen LogP contribution in [0.15, 0.2) is 30.3 Å². The van der Waals surface area contributed by atoms with Crippen LogP contribution < -0.4 is 5.32 Å². The van der Waals surface area contributed by atoms with Gasteiger partial charge in [0.2, 0.25) is 6.41 Å². The zero-order valence-corrected chi connectivity index (χ0v) is 14.6. The van der Waals surface area contributed by atoms with Gasteiger partial charge in [-0.25, -0.2) is 0 Å². The highest BCUT2D eigenvalue weighted by molar-refractivity contribution is 5.51. The summed E-state index contributed by atoms with van der Waals surface area (Å²) in [6.07, 6.45) is 5.61. The van der Waals surface area contributed by atoms with Crippen molar-refractivity contribution in [3.8, 4) is 0 Å². The molecule has 0 bridgehead atoms. The molecule has 0 radical (unpaired) electrons. The topological polar surface area (TPSA) is 35.6 Å². The summed E-state index contributed by atoms with van der Waals surface area (Å²) in [5.41, 5.74) is 1.33. The fraction of sp³-hybridized carbons (Fsp3) is 0.632. The first-order valence-corrected chi connectivity index (χ1v) is 8.66. The molecule has 2 aliphatic rings. The Balaban J connectivity index is 1.85. The lowest BCUT2D eigenvalue weighted by molar-refractivity contribution is -0.141. The number of amides is 1. The van der Waals surface area contributed by atoms with Gasteiger partial charge in [-0.05, 0) is 58.3 Å². The molecule has 0 unspecified atom stereocenters. The van der Waals surface area contributed by atoms with Crippen LogP contribution in [0.2, 0.25) is 0 Å². The average Bonchev–Trinajstić information content (AvgIpc) is 3.33. The number of hydrogen-bond acceptors (Lipinski definition) is 3. The molecule has 3 rings (SSSR count). The molecule has 0 aliphatic heterocycles. The number of carbonyl (C=O) groups is 1. The molecule has 4 nitrogen and oxygen atoms in total. The summed E-state index contributed by atoms with van der Waals surface area (Å²) in [4.78, 5) is 16.2. The van der Waals surface area contributed by atoms with E-state index in [9.17, 15) is 4.79 Å². The van der Waals surface area contributed by atoms with E-state index in [2.05, 4.69) is 59.5 Å². The summed E-state index contributed by atoms with van der Waals surface area (Å²) in [6, 6.07) is 10.7. The Hall–Kier alpha value is -1.39. The number of rotatable bonds is 8. The molecule has 1 aromatic rings. The minimum atomic E-state index is -0.0563. The van der Waals surface area contributed by atoms with Crippen molar-refractivity contribution in [3.05, 3.63) is 35.9 Å². The Labute approximate surface area is 139 Å². The quantitative estimate of drug-likeness (QED) is 0.746. The van der Waals surface area contributed by atoms with Crippen LogP contribution in [-0.2, 0) is 10.3 Å². The highest BCUT2D eigenvalue weighted by Crippen LogP contribution is 2.54. The van der Waals surface area contributed by atoms with Crippen molar-refractivity contribution in [2.45, 2.75) is 36.8 Å². The van der Waals surface area contributed by atoms with Gasteiger partial charge in [0.05, 0.1) is 11.1 Å². The fourth-order valence-corrected chi connectivity index (χ4v) is 4.25. The van der Waals surface area contributed by atoms with Gasteiger partial charge in [-0.2, -0.15) is 0 Å². The summed E-state index contributed by atoms with van der Waals surface area (Å²) in [5.74, 6) is 0.722. The highest BCUT2D eigenvalue weighted by atomic mass is 16.1.